The molecule has 2 N–H and O–H groups in total. The lowest BCUT2D eigenvalue weighted by molar-refractivity contribution is 0.0774. The summed E-state index contributed by atoms with van der Waals surface area (Å²) in [5.41, 5.74) is 6.68. The third-order valence-electron chi connectivity index (χ3n) is 3.03. The Morgan fingerprint density at radius 3 is 2.71 bits per heavy atom. The quantitative estimate of drug-likeness (QED) is 0.860. The van der Waals surface area contributed by atoms with E-state index in [1.54, 1.807) is 43.4 Å². The smallest absolute Gasteiger partial charge is 0.255 e. The van der Waals surface area contributed by atoms with E-state index in [4.69, 9.17) is 10.5 Å². The highest BCUT2D eigenvalue weighted by Crippen LogP contribution is 2.14. The number of hydrogen-bond donors (Lipinski definition) is 1. The SMILES string of the molecule is CN(CCOc1cccc(F)c1)C(=O)c1ccccc1N. The Balaban J connectivity index is 1.89. The van der Waals surface area contributed by atoms with Crippen molar-refractivity contribution in [3.8, 4) is 5.75 Å². The van der Waals surface area contributed by atoms with E-state index in [0.29, 0.717) is 23.5 Å². The average molecular weight is 288 g/mol. The van der Waals surface area contributed by atoms with E-state index in [0.717, 1.165) is 0 Å². The van der Waals surface area contributed by atoms with Crippen LogP contribution in [-0.2, 0) is 0 Å². The second-order valence-electron chi connectivity index (χ2n) is 4.62. The second kappa shape index (κ2) is 6.74. The number of amides is 1. The van der Waals surface area contributed by atoms with Crippen molar-refractivity contribution in [2.45, 2.75) is 0 Å². The van der Waals surface area contributed by atoms with Crippen molar-refractivity contribution in [2.24, 2.45) is 0 Å². The van der Waals surface area contributed by atoms with E-state index in [2.05, 4.69) is 0 Å². The van der Waals surface area contributed by atoms with E-state index in [-0.39, 0.29) is 18.3 Å². The molecule has 110 valence electrons. The first-order valence-electron chi connectivity index (χ1n) is 6.56. The topological polar surface area (TPSA) is 55.6 Å². The maximum Gasteiger partial charge on any atom is 0.255 e. The maximum atomic E-state index is 13.0. The number of carbonyl (C=O) groups excluding carboxylic acids is 1. The minimum Gasteiger partial charge on any atom is -0.492 e. The van der Waals surface area contributed by atoms with Gasteiger partial charge in [0.1, 0.15) is 18.2 Å². The number of rotatable bonds is 5. The number of halogens is 1. The maximum absolute atomic E-state index is 13.0. The van der Waals surface area contributed by atoms with E-state index in [1.165, 1.54) is 17.0 Å². The molecule has 0 radical (unpaired) electrons. The van der Waals surface area contributed by atoms with Gasteiger partial charge in [0.2, 0.25) is 0 Å². The van der Waals surface area contributed by atoms with Crippen LogP contribution >= 0.6 is 0 Å². The summed E-state index contributed by atoms with van der Waals surface area (Å²) in [4.78, 5) is 13.7. The summed E-state index contributed by atoms with van der Waals surface area (Å²) in [5, 5.41) is 0. The number of anilines is 1. The molecule has 1 amide bonds. The van der Waals surface area contributed by atoms with Gasteiger partial charge in [-0.15, -0.1) is 0 Å². The lowest BCUT2D eigenvalue weighted by atomic mass is 10.1. The third-order valence-corrected chi connectivity index (χ3v) is 3.03. The van der Waals surface area contributed by atoms with Crippen LogP contribution in [0.1, 0.15) is 10.4 Å². The van der Waals surface area contributed by atoms with Gasteiger partial charge in [0.05, 0.1) is 12.1 Å². The van der Waals surface area contributed by atoms with Gasteiger partial charge in [-0.2, -0.15) is 0 Å². The summed E-state index contributed by atoms with van der Waals surface area (Å²) >= 11 is 0. The molecule has 0 saturated heterocycles. The molecule has 0 saturated carbocycles. The predicted molar refractivity (Wildman–Crippen MR) is 79.7 cm³/mol. The number of hydrogen-bond acceptors (Lipinski definition) is 3. The van der Waals surface area contributed by atoms with Crippen LogP contribution in [0.25, 0.3) is 0 Å². The summed E-state index contributed by atoms with van der Waals surface area (Å²) in [6, 6.07) is 12.8. The standard InChI is InChI=1S/C16H17FN2O2/c1-19(16(20)14-7-2-3-8-15(14)18)9-10-21-13-6-4-5-12(17)11-13/h2-8,11H,9-10,18H2,1H3. The van der Waals surface area contributed by atoms with Gasteiger partial charge in [-0.25, -0.2) is 4.39 Å². The summed E-state index contributed by atoms with van der Waals surface area (Å²) < 4.78 is 18.4. The highest BCUT2D eigenvalue weighted by atomic mass is 19.1. The normalized spacial score (nSPS) is 10.2. The van der Waals surface area contributed by atoms with Crippen LogP contribution in [0.2, 0.25) is 0 Å². The van der Waals surface area contributed by atoms with E-state index >= 15 is 0 Å². The number of nitrogen functional groups attached to an aromatic ring is 1. The highest BCUT2D eigenvalue weighted by molar-refractivity contribution is 5.98. The largest absolute Gasteiger partial charge is 0.492 e. The van der Waals surface area contributed by atoms with Gasteiger partial charge >= 0.3 is 0 Å². The number of nitrogens with two attached hydrogens (primary N) is 1. The van der Waals surface area contributed by atoms with Crippen molar-refractivity contribution in [1.29, 1.82) is 0 Å². The van der Waals surface area contributed by atoms with Gasteiger partial charge in [-0.05, 0) is 24.3 Å². The Morgan fingerprint density at radius 1 is 1.24 bits per heavy atom. The molecule has 0 aliphatic heterocycles. The van der Waals surface area contributed by atoms with E-state index in [9.17, 15) is 9.18 Å². The zero-order valence-corrected chi connectivity index (χ0v) is 11.8. The fraction of sp³-hybridized carbons (Fsp3) is 0.188. The van der Waals surface area contributed by atoms with Crippen molar-refractivity contribution in [1.82, 2.24) is 4.90 Å². The molecule has 2 aromatic carbocycles. The summed E-state index contributed by atoms with van der Waals surface area (Å²) in [5.74, 6) is -0.0833. The second-order valence-corrected chi connectivity index (χ2v) is 4.62. The van der Waals surface area contributed by atoms with Crippen LogP contribution in [0.3, 0.4) is 0 Å². The minimum atomic E-state index is -0.353. The molecule has 2 aromatic rings. The fourth-order valence-corrected chi connectivity index (χ4v) is 1.86. The number of nitrogens with zero attached hydrogens (tertiary/aromatic N) is 1. The zero-order valence-electron chi connectivity index (χ0n) is 11.8. The Morgan fingerprint density at radius 2 is 2.00 bits per heavy atom. The molecule has 0 heterocycles. The number of benzene rings is 2. The fourth-order valence-electron chi connectivity index (χ4n) is 1.86. The molecule has 0 fully saturated rings. The Kier molecular flexibility index (Phi) is 4.77. The first kappa shape index (κ1) is 14.8. The van der Waals surface area contributed by atoms with Crippen molar-refractivity contribution >= 4 is 11.6 Å². The lowest BCUT2D eigenvalue weighted by Gasteiger charge is -2.18. The molecule has 0 aliphatic rings. The molecule has 0 aliphatic carbocycles. The van der Waals surface area contributed by atoms with Gasteiger partial charge in [-0.1, -0.05) is 18.2 Å². The molecule has 4 nitrogen and oxygen atoms in total. The van der Waals surface area contributed by atoms with Crippen LogP contribution in [0.4, 0.5) is 10.1 Å². The predicted octanol–water partition coefficient (Wildman–Crippen LogP) is 2.56. The molecule has 0 aromatic heterocycles. The van der Waals surface area contributed by atoms with Gasteiger partial charge in [0.15, 0.2) is 0 Å². The van der Waals surface area contributed by atoms with E-state index in [1.807, 2.05) is 0 Å². The first-order valence-corrected chi connectivity index (χ1v) is 6.56. The lowest BCUT2D eigenvalue weighted by Crippen LogP contribution is -2.31. The molecule has 0 unspecified atom stereocenters. The Labute approximate surface area is 122 Å². The molecule has 5 heteroatoms. The minimum absolute atomic E-state index is 0.170. The summed E-state index contributed by atoms with van der Waals surface area (Å²) in [7, 11) is 1.67. The third kappa shape index (κ3) is 3.95. The van der Waals surface area contributed by atoms with E-state index < -0.39 is 0 Å². The molecule has 0 bridgehead atoms. The van der Waals surface area contributed by atoms with Crippen LogP contribution < -0.4 is 10.5 Å². The zero-order chi connectivity index (χ0) is 15.2. The average Bonchev–Trinajstić information content (AvgIpc) is 2.47. The molecular formula is C16H17FN2O2. The molecular weight excluding hydrogens is 271 g/mol. The number of para-hydroxylation sites is 1. The highest BCUT2D eigenvalue weighted by Gasteiger charge is 2.13. The summed E-state index contributed by atoms with van der Waals surface area (Å²) in [6.45, 7) is 0.655. The summed E-state index contributed by atoms with van der Waals surface area (Å²) in [6.07, 6.45) is 0. The van der Waals surface area contributed by atoms with Crippen LogP contribution in [0.15, 0.2) is 48.5 Å². The number of ether oxygens (including phenoxy) is 1. The van der Waals surface area contributed by atoms with Crippen LogP contribution in [0.5, 0.6) is 5.75 Å². The number of carbonyl (C=O) groups is 1. The molecule has 21 heavy (non-hydrogen) atoms. The Hall–Kier alpha value is -2.56. The molecule has 2 rings (SSSR count). The number of likely N-dealkylation sites (N-methyl/N-ethyl adjacent to an activating group) is 1. The van der Waals surface area contributed by atoms with Crippen molar-refractivity contribution < 1.29 is 13.9 Å². The van der Waals surface area contributed by atoms with Crippen LogP contribution in [-0.4, -0.2) is 31.0 Å². The van der Waals surface area contributed by atoms with Crippen LogP contribution in [0, 0.1) is 5.82 Å². The van der Waals surface area contributed by atoms with Gasteiger partial charge < -0.3 is 15.4 Å². The Bertz CT molecular complexity index is 631. The first-order chi connectivity index (χ1) is 10.1. The van der Waals surface area contributed by atoms with Gasteiger partial charge in [-0.3, -0.25) is 4.79 Å². The van der Waals surface area contributed by atoms with Gasteiger partial charge in [0, 0.05) is 18.8 Å². The van der Waals surface area contributed by atoms with Crippen molar-refractivity contribution in [3.63, 3.8) is 0 Å². The van der Waals surface area contributed by atoms with Gasteiger partial charge in [0.25, 0.3) is 5.91 Å². The van der Waals surface area contributed by atoms with Crippen molar-refractivity contribution in [2.75, 3.05) is 25.9 Å². The van der Waals surface area contributed by atoms with Crippen molar-refractivity contribution in [3.05, 3.63) is 59.9 Å². The monoisotopic (exact) mass is 288 g/mol. The molecule has 0 spiro atoms. The molecule has 0 atom stereocenters.